The standard InChI is InChI=1S/C15H17FN2O3/c1-2-18(7-6-14(19)20)9-13-10-21-15(17-13)11-4-3-5-12(16)8-11/h3-5,8,10H,2,6-7,9H2,1H3,(H,19,20). The van der Waals surface area contributed by atoms with Gasteiger partial charge in [-0.05, 0) is 24.7 Å². The van der Waals surface area contributed by atoms with Crippen molar-refractivity contribution in [3.05, 3.63) is 42.0 Å². The molecule has 0 aliphatic rings. The minimum Gasteiger partial charge on any atom is -0.481 e. The number of hydrogen-bond acceptors (Lipinski definition) is 4. The lowest BCUT2D eigenvalue weighted by Crippen LogP contribution is -2.25. The van der Waals surface area contributed by atoms with Gasteiger partial charge in [0, 0.05) is 18.7 Å². The molecule has 0 aliphatic heterocycles. The molecule has 0 fully saturated rings. The lowest BCUT2D eigenvalue weighted by molar-refractivity contribution is -0.137. The van der Waals surface area contributed by atoms with Gasteiger partial charge in [-0.1, -0.05) is 13.0 Å². The predicted octanol–water partition coefficient (Wildman–Crippen LogP) is 2.78. The summed E-state index contributed by atoms with van der Waals surface area (Å²) < 4.78 is 18.5. The van der Waals surface area contributed by atoms with E-state index in [0.717, 1.165) is 6.54 Å². The summed E-state index contributed by atoms with van der Waals surface area (Å²) >= 11 is 0. The Balaban J connectivity index is 2.03. The molecule has 1 N–H and O–H groups in total. The Bertz CT molecular complexity index is 612. The average Bonchev–Trinajstić information content (AvgIpc) is 2.92. The zero-order chi connectivity index (χ0) is 15.2. The number of benzene rings is 1. The van der Waals surface area contributed by atoms with Gasteiger partial charge < -0.3 is 9.52 Å². The van der Waals surface area contributed by atoms with Crippen LogP contribution in [0.5, 0.6) is 0 Å². The second kappa shape index (κ2) is 6.99. The molecular weight excluding hydrogens is 275 g/mol. The lowest BCUT2D eigenvalue weighted by atomic mass is 10.2. The lowest BCUT2D eigenvalue weighted by Gasteiger charge is -2.17. The van der Waals surface area contributed by atoms with Crippen molar-refractivity contribution in [2.45, 2.75) is 19.9 Å². The highest BCUT2D eigenvalue weighted by molar-refractivity contribution is 5.66. The van der Waals surface area contributed by atoms with Crippen molar-refractivity contribution < 1.29 is 18.7 Å². The third-order valence-electron chi connectivity index (χ3n) is 3.10. The first-order valence-corrected chi connectivity index (χ1v) is 6.73. The highest BCUT2D eigenvalue weighted by Gasteiger charge is 2.11. The van der Waals surface area contributed by atoms with E-state index in [1.165, 1.54) is 18.4 Å². The van der Waals surface area contributed by atoms with E-state index in [1.807, 2.05) is 11.8 Å². The normalized spacial score (nSPS) is 11.0. The van der Waals surface area contributed by atoms with Crippen LogP contribution >= 0.6 is 0 Å². The molecule has 0 amide bonds. The Labute approximate surface area is 122 Å². The zero-order valence-corrected chi connectivity index (χ0v) is 11.8. The Morgan fingerprint density at radius 3 is 2.95 bits per heavy atom. The van der Waals surface area contributed by atoms with Crippen LogP contribution in [0.2, 0.25) is 0 Å². The average molecular weight is 292 g/mol. The molecule has 0 saturated carbocycles. The van der Waals surface area contributed by atoms with Gasteiger partial charge in [0.2, 0.25) is 5.89 Å². The van der Waals surface area contributed by atoms with Crippen LogP contribution in [0.25, 0.3) is 11.5 Å². The van der Waals surface area contributed by atoms with E-state index < -0.39 is 5.97 Å². The van der Waals surface area contributed by atoms with Crippen LogP contribution in [0, 0.1) is 5.82 Å². The fourth-order valence-corrected chi connectivity index (χ4v) is 1.97. The number of carboxylic acid groups (broad SMARTS) is 1. The Morgan fingerprint density at radius 2 is 2.29 bits per heavy atom. The molecule has 0 atom stereocenters. The van der Waals surface area contributed by atoms with Crippen LogP contribution in [0.3, 0.4) is 0 Å². The number of carbonyl (C=O) groups is 1. The minimum absolute atomic E-state index is 0.0858. The highest BCUT2D eigenvalue weighted by Crippen LogP contribution is 2.20. The van der Waals surface area contributed by atoms with E-state index in [0.29, 0.717) is 30.2 Å². The molecule has 112 valence electrons. The molecule has 2 rings (SSSR count). The van der Waals surface area contributed by atoms with Crippen LogP contribution in [0.1, 0.15) is 19.0 Å². The number of hydrogen-bond donors (Lipinski definition) is 1. The van der Waals surface area contributed by atoms with Crippen molar-refractivity contribution in [1.82, 2.24) is 9.88 Å². The molecule has 1 aromatic carbocycles. The number of nitrogens with zero attached hydrogens (tertiary/aromatic N) is 2. The Kier molecular flexibility index (Phi) is 5.05. The largest absolute Gasteiger partial charge is 0.481 e. The number of aromatic nitrogens is 1. The van der Waals surface area contributed by atoms with Gasteiger partial charge in [0.15, 0.2) is 0 Å². The third kappa shape index (κ3) is 4.39. The fourth-order valence-electron chi connectivity index (χ4n) is 1.97. The monoisotopic (exact) mass is 292 g/mol. The van der Waals surface area contributed by atoms with Crippen molar-refractivity contribution in [2.24, 2.45) is 0 Å². The minimum atomic E-state index is -0.825. The molecule has 0 bridgehead atoms. The van der Waals surface area contributed by atoms with E-state index in [9.17, 15) is 9.18 Å². The number of carboxylic acids is 1. The highest BCUT2D eigenvalue weighted by atomic mass is 19.1. The maximum atomic E-state index is 13.2. The fraction of sp³-hybridized carbons (Fsp3) is 0.333. The van der Waals surface area contributed by atoms with Crippen molar-refractivity contribution in [3.8, 4) is 11.5 Å². The van der Waals surface area contributed by atoms with E-state index in [2.05, 4.69) is 4.98 Å². The van der Waals surface area contributed by atoms with Gasteiger partial charge in [0.25, 0.3) is 0 Å². The summed E-state index contributed by atoms with van der Waals surface area (Å²) in [4.78, 5) is 16.9. The second-order valence-corrected chi connectivity index (χ2v) is 4.67. The Morgan fingerprint density at radius 1 is 1.48 bits per heavy atom. The molecule has 0 saturated heterocycles. The molecule has 1 aromatic heterocycles. The zero-order valence-electron chi connectivity index (χ0n) is 11.8. The van der Waals surface area contributed by atoms with Crippen LogP contribution in [0.15, 0.2) is 34.9 Å². The van der Waals surface area contributed by atoms with Crippen molar-refractivity contribution in [2.75, 3.05) is 13.1 Å². The summed E-state index contributed by atoms with van der Waals surface area (Å²) in [5.74, 6) is -0.809. The third-order valence-corrected chi connectivity index (χ3v) is 3.10. The van der Waals surface area contributed by atoms with Gasteiger partial charge in [0.05, 0.1) is 12.1 Å². The quantitative estimate of drug-likeness (QED) is 0.850. The van der Waals surface area contributed by atoms with Gasteiger partial charge in [-0.3, -0.25) is 9.69 Å². The number of rotatable bonds is 7. The van der Waals surface area contributed by atoms with Crippen LogP contribution in [-0.2, 0) is 11.3 Å². The second-order valence-electron chi connectivity index (χ2n) is 4.67. The molecule has 0 aliphatic carbocycles. The van der Waals surface area contributed by atoms with Gasteiger partial charge in [-0.15, -0.1) is 0 Å². The van der Waals surface area contributed by atoms with Crippen LogP contribution in [-0.4, -0.2) is 34.0 Å². The molecule has 6 heteroatoms. The SMILES string of the molecule is CCN(CCC(=O)O)Cc1coc(-c2cccc(F)c2)n1. The molecule has 1 heterocycles. The molecule has 0 unspecified atom stereocenters. The molecule has 2 aromatic rings. The maximum Gasteiger partial charge on any atom is 0.304 e. The van der Waals surface area contributed by atoms with Gasteiger partial charge in [-0.2, -0.15) is 0 Å². The van der Waals surface area contributed by atoms with Crippen molar-refractivity contribution in [3.63, 3.8) is 0 Å². The topological polar surface area (TPSA) is 66.6 Å². The summed E-state index contributed by atoms with van der Waals surface area (Å²) in [7, 11) is 0. The molecule has 0 radical (unpaired) electrons. The first-order chi connectivity index (χ1) is 10.1. The van der Waals surface area contributed by atoms with Gasteiger partial charge >= 0.3 is 5.97 Å². The summed E-state index contributed by atoms with van der Waals surface area (Å²) in [5.41, 5.74) is 1.27. The summed E-state index contributed by atoms with van der Waals surface area (Å²) in [6.45, 7) is 3.63. The molecule has 21 heavy (non-hydrogen) atoms. The van der Waals surface area contributed by atoms with Crippen LogP contribution in [0.4, 0.5) is 4.39 Å². The van der Waals surface area contributed by atoms with E-state index in [4.69, 9.17) is 9.52 Å². The maximum absolute atomic E-state index is 13.2. The van der Waals surface area contributed by atoms with E-state index in [1.54, 1.807) is 12.1 Å². The number of oxazole rings is 1. The van der Waals surface area contributed by atoms with Crippen molar-refractivity contribution in [1.29, 1.82) is 0 Å². The van der Waals surface area contributed by atoms with Gasteiger partial charge in [-0.25, -0.2) is 9.37 Å². The molecular formula is C15H17FN2O3. The molecule has 0 spiro atoms. The summed E-state index contributed by atoms with van der Waals surface area (Å²) in [6.07, 6.45) is 1.60. The first kappa shape index (κ1) is 15.2. The smallest absolute Gasteiger partial charge is 0.304 e. The molecule has 5 nitrogen and oxygen atoms in total. The summed E-state index contributed by atoms with van der Waals surface area (Å²) in [6, 6.07) is 6.04. The van der Waals surface area contributed by atoms with E-state index >= 15 is 0 Å². The summed E-state index contributed by atoms with van der Waals surface area (Å²) in [5, 5.41) is 8.71. The Hall–Kier alpha value is -2.21. The van der Waals surface area contributed by atoms with Crippen molar-refractivity contribution >= 4 is 5.97 Å². The number of halogens is 1. The van der Waals surface area contributed by atoms with Crippen LogP contribution < -0.4 is 0 Å². The predicted molar refractivity (Wildman–Crippen MR) is 75.1 cm³/mol. The number of aliphatic carboxylic acids is 1. The first-order valence-electron chi connectivity index (χ1n) is 6.73. The van der Waals surface area contributed by atoms with E-state index in [-0.39, 0.29) is 12.2 Å². The van der Waals surface area contributed by atoms with Gasteiger partial charge in [0.1, 0.15) is 12.1 Å².